The van der Waals surface area contributed by atoms with Crippen LogP contribution in [0.25, 0.3) is 0 Å². The van der Waals surface area contributed by atoms with Crippen LogP contribution >= 0.6 is 0 Å². The Morgan fingerprint density at radius 3 is 2.05 bits per heavy atom. The summed E-state index contributed by atoms with van der Waals surface area (Å²) in [7, 11) is 5.69. The molecule has 2 aromatic carbocycles. The molecule has 0 amide bonds. The Kier molecular flexibility index (Phi) is 5.22. The average Bonchev–Trinajstić information content (AvgIpc) is 2.54. The van der Waals surface area contributed by atoms with Crippen LogP contribution in [0.4, 0.5) is 0 Å². The van der Waals surface area contributed by atoms with Gasteiger partial charge in [0.1, 0.15) is 11.4 Å². The summed E-state index contributed by atoms with van der Waals surface area (Å²) in [6.07, 6.45) is 0. The number of hydrogen-bond donors (Lipinski definition) is 1. The first-order chi connectivity index (χ1) is 10.5. The molecule has 0 radical (unpaired) electrons. The molecule has 22 heavy (non-hydrogen) atoms. The van der Waals surface area contributed by atoms with E-state index in [1.165, 1.54) is 0 Å². The van der Waals surface area contributed by atoms with E-state index in [4.69, 9.17) is 4.74 Å². The molecule has 0 spiro atoms. The molecule has 1 N–H and O–H groups in total. The Hall–Kier alpha value is -1.84. The molecular formula is C19H25NO2. The molecule has 118 valence electrons. The summed E-state index contributed by atoms with van der Waals surface area (Å²) in [5.41, 5.74) is 0.765. The van der Waals surface area contributed by atoms with Crippen molar-refractivity contribution in [3.05, 3.63) is 65.7 Å². The van der Waals surface area contributed by atoms with Gasteiger partial charge in [-0.3, -0.25) is 0 Å². The van der Waals surface area contributed by atoms with E-state index in [0.717, 1.165) is 23.4 Å². The second-order valence-electron chi connectivity index (χ2n) is 6.02. The third-order valence-electron chi connectivity index (χ3n) is 4.10. The number of rotatable bonds is 6. The normalized spacial score (nSPS) is 15.4. The summed E-state index contributed by atoms with van der Waals surface area (Å²) in [6.45, 7) is 2.87. The summed E-state index contributed by atoms with van der Waals surface area (Å²) >= 11 is 0. The monoisotopic (exact) mass is 299 g/mol. The highest BCUT2D eigenvalue weighted by Crippen LogP contribution is 2.37. The van der Waals surface area contributed by atoms with E-state index in [0.29, 0.717) is 0 Å². The summed E-state index contributed by atoms with van der Waals surface area (Å²) in [6, 6.07) is 17.5. The van der Waals surface area contributed by atoms with Crippen molar-refractivity contribution in [2.75, 3.05) is 27.7 Å². The van der Waals surface area contributed by atoms with Gasteiger partial charge in [-0.1, -0.05) is 49.4 Å². The lowest BCUT2D eigenvalue weighted by molar-refractivity contribution is 0.0134. The maximum atomic E-state index is 11.6. The van der Waals surface area contributed by atoms with Gasteiger partial charge in [-0.05, 0) is 37.4 Å². The zero-order valence-electron chi connectivity index (χ0n) is 13.8. The van der Waals surface area contributed by atoms with E-state index in [9.17, 15) is 5.11 Å². The van der Waals surface area contributed by atoms with E-state index >= 15 is 0 Å². The minimum absolute atomic E-state index is 0.0401. The average molecular weight is 299 g/mol. The van der Waals surface area contributed by atoms with E-state index in [1.54, 1.807) is 7.11 Å². The molecule has 0 saturated heterocycles. The van der Waals surface area contributed by atoms with Crippen molar-refractivity contribution >= 4 is 0 Å². The summed E-state index contributed by atoms with van der Waals surface area (Å²) in [4.78, 5) is 2.10. The molecule has 0 aliphatic carbocycles. The molecule has 3 nitrogen and oxygen atoms in total. The Bertz CT molecular complexity index is 580. The Labute approximate surface area is 133 Å². The summed E-state index contributed by atoms with van der Waals surface area (Å²) < 4.78 is 5.22. The molecule has 0 unspecified atom stereocenters. The smallest absolute Gasteiger partial charge is 0.118 e. The molecule has 0 fully saturated rings. The molecule has 0 aliphatic rings. The fourth-order valence-electron chi connectivity index (χ4n) is 2.95. The van der Waals surface area contributed by atoms with Gasteiger partial charge in [0.2, 0.25) is 0 Å². The molecule has 2 rings (SSSR count). The van der Waals surface area contributed by atoms with Gasteiger partial charge >= 0.3 is 0 Å². The number of hydrogen-bond acceptors (Lipinski definition) is 3. The van der Waals surface area contributed by atoms with Gasteiger partial charge in [-0.25, -0.2) is 0 Å². The van der Waals surface area contributed by atoms with Crippen molar-refractivity contribution in [1.29, 1.82) is 0 Å². The predicted molar refractivity (Wildman–Crippen MR) is 90.2 cm³/mol. The van der Waals surface area contributed by atoms with Crippen molar-refractivity contribution < 1.29 is 9.84 Å². The zero-order valence-corrected chi connectivity index (χ0v) is 13.8. The largest absolute Gasteiger partial charge is 0.497 e. The first kappa shape index (κ1) is 16.5. The van der Waals surface area contributed by atoms with Crippen LogP contribution in [0.15, 0.2) is 54.6 Å². The Morgan fingerprint density at radius 2 is 1.55 bits per heavy atom. The number of nitrogens with zero attached hydrogens (tertiary/aromatic N) is 1. The van der Waals surface area contributed by atoms with Crippen LogP contribution < -0.4 is 4.74 Å². The lowest BCUT2D eigenvalue weighted by Gasteiger charge is -2.37. The first-order valence-corrected chi connectivity index (χ1v) is 7.55. The van der Waals surface area contributed by atoms with E-state index in [1.807, 2.05) is 68.7 Å². The fourth-order valence-corrected chi connectivity index (χ4v) is 2.95. The highest BCUT2D eigenvalue weighted by Gasteiger charge is 2.37. The van der Waals surface area contributed by atoms with Gasteiger partial charge in [0, 0.05) is 12.5 Å². The third-order valence-corrected chi connectivity index (χ3v) is 4.10. The van der Waals surface area contributed by atoms with Crippen molar-refractivity contribution in [2.45, 2.75) is 12.5 Å². The molecule has 0 bridgehead atoms. The number of aliphatic hydroxyl groups is 1. The number of methoxy groups -OCH3 is 1. The number of ether oxygens (including phenoxy) is 1. The SMILES string of the molecule is COc1ccc([C@](O)(c2ccccc2)[C@@H](C)CN(C)C)cc1. The van der Waals surface area contributed by atoms with Crippen LogP contribution in [0.3, 0.4) is 0 Å². The zero-order chi connectivity index (χ0) is 16.2. The molecule has 0 saturated carbocycles. The summed E-state index contributed by atoms with van der Waals surface area (Å²) in [5.74, 6) is 0.831. The van der Waals surface area contributed by atoms with Crippen LogP contribution in [-0.4, -0.2) is 37.8 Å². The van der Waals surface area contributed by atoms with Crippen LogP contribution in [0.1, 0.15) is 18.1 Å². The van der Waals surface area contributed by atoms with Crippen LogP contribution in [0, 0.1) is 5.92 Å². The van der Waals surface area contributed by atoms with Gasteiger partial charge in [0.05, 0.1) is 7.11 Å². The standard InChI is InChI=1S/C19H25NO2/c1-15(14-20(2)3)19(21,16-8-6-5-7-9-16)17-10-12-18(22-4)13-11-17/h5-13,15,21H,14H2,1-4H3/t15-,19+/m0/s1. The molecule has 3 heteroatoms. The van der Waals surface area contributed by atoms with Crippen LogP contribution in [0.5, 0.6) is 5.75 Å². The van der Waals surface area contributed by atoms with Crippen LogP contribution in [0.2, 0.25) is 0 Å². The highest BCUT2D eigenvalue weighted by atomic mass is 16.5. The predicted octanol–water partition coefficient (Wildman–Crippen LogP) is 3.13. The van der Waals surface area contributed by atoms with E-state index in [2.05, 4.69) is 11.8 Å². The molecule has 2 atom stereocenters. The topological polar surface area (TPSA) is 32.7 Å². The van der Waals surface area contributed by atoms with Crippen LogP contribution in [-0.2, 0) is 5.60 Å². The number of benzene rings is 2. The fraction of sp³-hybridized carbons (Fsp3) is 0.368. The van der Waals surface area contributed by atoms with Gasteiger partial charge in [0.25, 0.3) is 0 Å². The molecule has 0 heterocycles. The van der Waals surface area contributed by atoms with Gasteiger partial charge in [-0.2, -0.15) is 0 Å². The minimum atomic E-state index is -1.03. The third kappa shape index (κ3) is 3.32. The summed E-state index contributed by atoms with van der Waals surface area (Å²) in [5, 5.41) is 11.6. The molecular weight excluding hydrogens is 274 g/mol. The van der Waals surface area contributed by atoms with E-state index in [-0.39, 0.29) is 5.92 Å². The van der Waals surface area contributed by atoms with E-state index < -0.39 is 5.60 Å². The Balaban J connectivity index is 2.49. The molecule has 0 aliphatic heterocycles. The maximum absolute atomic E-state index is 11.6. The van der Waals surface area contributed by atoms with Gasteiger partial charge in [-0.15, -0.1) is 0 Å². The molecule has 2 aromatic rings. The lowest BCUT2D eigenvalue weighted by Crippen LogP contribution is -2.40. The second kappa shape index (κ2) is 6.95. The second-order valence-corrected chi connectivity index (χ2v) is 6.02. The highest BCUT2D eigenvalue weighted by molar-refractivity contribution is 5.39. The van der Waals surface area contributed by atoms with Crippen molar-refractivity contribution in [1.82, 2.24) is 4.90 Å². The molecule has 0 aromatic heterocycles. The first-order valence-electron chi connectivity index (χ1n) is 7.55. The quantitative estimate of drug-likeness (QED) is 0.889. The maximum Gasteiger partial charge on any atom is 0.118 e. The van der Waals surface area contributed by atoms with Crippen molar-refractivity contribution in [2.24, 2.45) is 5.92 Å². The minimum Gasteiger partial charge on any atom is -0.497 e. The lowest BCUT2D eigenvalue weighted by atomic mass is 9.76. The van der Waals surface area contributed by atoms with Gasteiger partial charge < -0.3 is 14.7 Å². The van der Waals surface area contributed by atoms with Gasteiger partial charge in [0.15, 0.2) is 0 Å². The van der Waals surface area contributed by atoms with Crippen molar-refractivity contribution in [3.8, 4) is 5.75 Å². The Morgan fingerprint density at radius 1 is 1.00 bits per heavy atom. The van der Waals surface area contributed by atoms with Crippen molar-refractivity contribution in [3.63, 3.8) is 0 Å².